The fourth-order valence-electron chi connectivity index (χ4n) is 3.17. The number of imide groups is 1. The molecule has 0 saturated heterocycles. The van der Waals surface area contributed by atoms with Crippen molar-refractivity contribution in [1.29, 1.82) is 0 Å². The third-order valence-corrected chi connectivity index (χ3v) is 4.69. The molecule has 3 heterocycles. The van der Waals surface area contributed by atoms with Crippen LogP contribution in [0.25, 0.3) is 11.4 Å². The number of pyridine rings is 1. The molecule has 0 unspecified atom stereocenters. The Labute approximate surface area is 170 Å². The highest BCUT2D eigenvalue weighted by Crippen LogP contribution is 2.23. The first-order valence-corrected chi connectivity index (χ1v) is 9.14. The molecule has 0 radical (unpaired) electrons. The van der Waals surface area contributed by atoms with Gasteiger partial charge >= 0.3 is 5.97 Å². The van der Waals surface area contributed by atoms with Crippen LogP contribution in [0.5, 0.6) is 0 Å². The first-order valence-electron chi connectivity index (χ1n) is 9.14. The standard InChI is InChI=1S/C21H16N4O5/c1-12-14(19(27)24-18(23-12)13-5-4-10-22-11-13)8-9-17(26)30-25-20(28)15-6-2-3-7-16(15)21(25)29/h2-7,10-11H,8-9H2,1H3,(H,23,24,27). The van der Waals surface area contributed by atoms with Gasteiger partial charge in [-0.3, -0.25) is 19.4 Å². The van der Waals surface area contributed by atoms with Gasteiger partial charge in [0.1, 0.15) is 5.82 Å². The maximum atomic E-state index is 12.5. The number of aromatic nitrogens is 3. The van der Waals surface area contributed by atoms with Gasteiger partial charge in [0.05, 0.1) is 17.5 Å². The molecule has 1 aromatic carbocycles. The van der Waals surface area contributed by atoms with Crippen molar-refractivity contribution >= 4 is 17.8 Å². The van der Waals surface area contributed by atoms with Gasteiger partial charge in [-0.2, -0.15) is 0 Å². The molecule has 4 rings (SSSR count). The number of hydrogen-bond acceptors (Lipinski definition) is 7. The van der Waals surface area contributed by atoms with E-state index in [0.29, 0.717) is 27.7 Å². The van der Waals surface area contributed by atoms with Gasteiger partial charge in [-0.05, 0) is 37.6 Å². The molecule has 0 atom stereocenters. The first-order chi connectivity index (χ1) is 14.5. The van der Waals surface area contributed by atoms with E-state index in [0.717, 1.165) is 0 Å². The number of benzene rings is 1. The van der Waals surface area contributed by atoms with Crippen molar-refractivity contribution in [1.82, 2.24) is 20.0 Å². The molecule has 0 saturated carbocycles. The summed E-state index contributed by atoms with van der Waals surface area (Å²) in [5.74, 6) is -1.82. The van der Waals surface area contributed by atoms with Gasteiger partial charge in [0.25, 0.3) is 17.4 Å². The van der Waals surface area contributed by atoms with Crippen molar-refractivity contribution in [2.24, 2.45) is 0 Å². The smallest absolute Gasteiger partial charge is 0.330 e. The zero-order valence-corrected chi connectivity index (χ0v) is 15.9. The number of nitrogens with one attached hydrogen (secondary N) is 1. The average molecular weight is 404 g/mol. The van der Waals surface area contributed by atoms with Gasteiger partial charge in [0.2, 0.25) is 0 Å². The van der Waals surface area contributed by atoms with Gasteiger partial charge in [-0.25, -0.2) is 9.78 Å². The van der Waals surface area contributed by atoms with Crippen LogP contribution >= 0.6 is 0 Å². The molecule has 9 nitrogen and oxygen atoms in total. The predicted octanol–water partition coefficient (Wildman–Crippen LogP) is 1.83. The molecule has 0 aliphatic carbocycles. The van der Waals surface area contributed by atoms with Crippen LogP contribution < -0.4 is 5.56 Å². The topological polar surface area (TPSA) is 122 Å². The van der Waals surface area contributed by atoms with Crippen molar-refractivity contribution in [2.75, 3.05) is 0 Å². The molecule has 150 valence electrons. The molecule has 2 aromatic heterocycles. The third-order valence-electron chi connectivity index (χ3n) is 4.69. The number of carbonyl (C=O) groups is 3. The van der Waals surface area contributed by atoms with Crippen LogP contribution in [0, 0.1) is 6.92 Å². The quantitative estimate of drug-likeness (QED) is 0.644. The number of aromatic amines is 1. The monoisotopic (exact) mass is 404 g/mol. The minimum Gasteiger partial charge on any atom is -0.330 e. The Balaban J connectivity index is 1.44. The van der Waals surface area contributed by atoms with Gasteiger partial charge in [-0.15, -0.1) is 0 Å². The summed E-state index contributed by atoms with van der Waals surface area (Å²) in [4.78, 5) is 65.2. The second-order valence-corrected chi connectivity index (χ2v) is 6.63. The van der Waals surface area contributed by atoms with E-state index in [-0.39, 0.29) is 29.5 Å². The summed E-state index contributed by atoms with van der Waals surface area (Å²) in [6.45, 7) is 1.67. The maximum absolute atomic E-state index is 12.5. The van der Waals surface area contributed by atoms with E-state index in [1.807, 2.05) is 0 Å². The highest BCUT2D eigenvalue weighted by Gasteiger charge is 2.38. The summed E-state index contributed by atoms with van der Waals surface area (Å²) >= 11 is 0. The van der Waals surface area contributed by atoms with E-state index in [9.17, 15) is 19.2 Å². The van der Waals surface area contributed by atoms with E-state index >= 15 is 0 Å². The maximum Gasteiger partial charge on any atom is 0.333 e. The zero-order chi connectivity index (χ0) is 21.3. The van der Waals surface area contributed by atoms with Gasteiger partial charge < -0.3 is 9.82 Å². The fraction of sp³-hybridized carbons (Fsp3) is 0.143. The lowest BCUT2D eigenvalue weighted by molar-refractivity contribution is -0.168. The van der Waals surface area contributed by atoms with Crippen molar-refractivity contribution < 1.29 is 19.2 Å². The number of amides is 2. The molecule has 0 spiro atoms. The summed E-state index contributed by atoms with van der Waals surface area (Å²) in [6.07, 6.45) is 3.04. The molecule has 30 heavy (non-hydrogen) atoms. The van der Waals surface area contributed by atoms with E-state index < -0.39 is 17.8 Å². The summed E-state index contributed by atoms with van der Waals surface area (Å²) in [7, 11) is 0. The highest BCUT2D eigenvalue weighted by atomic mass is 16.7. The van der Waals surface area contributed by atoms with E-state index in [1.165, 1.54) is 12.1 Å². The fourth-order valence-corrected chi connectivity index (χ4v) is 3.17. The largest absolute Gasteiger partial charge is 0.333 e. The van der Waals surface area contributed by atoms with Gasteiger partial charge in [-0.1, -0.05) is 17.2 Å². The minimum absolute atomic E-state index is 0.0451. The lowest BCUT2D eigenvalue weighted by atomic mass is 10.1. The number of H-pyrrole nitrogens is 1. The van der Waals surface area contributed by atoms with E-state index in [4.69, 9.17) is 4.84 Å². The molecule has 2 amide bonds. The zero-order valence-electron chi connectivity index (χ0n) is 15.9. The molecule has 1 aliphatic rings. The number of aryl methyl sites for hydroxylation is 1. The lowest BCUT2D eigenvalue weighted by Gasteiger charge is -2.13. The van der Waals surface area contributed by atoms with Crippen LogP contribution in [0.15, 0.2) is 53.6 Å². The molecule has 9 heteroatoms. The Hall–Kier alpha value is -4.14. The molecule has 3 aromatic rings. The van der Waals surface area contributed by atoms with Crippen molar-refractivity contribution in [3.8, 4) is 11.4 Å². The number of fused-ring (bicyclic) bond motifs is 1. The Kier molecular flexibility index (Phi) is 4.93. The number of hydroxylamine groups is 2. The predicted molar refractivity (Wildman–Crippen MR) is 104 cm³/mol. The average Bonchev–Trinajstić information content (AvgIpc) is 2.99. The van der Waals surface area contributed by atoms with Gasteiger partial charge in [0.15, 0.2) is 0 Å². The first kappa shape index (κ1) is 19.2. The molecular weight excluding hydrogens is 388 g/mol. The Morgan fingerprint density at radius 1 is 1.07 bits per heavy atom. The molecular formula is C21H16N4O5. The summed E-state index contributed by atoms with van der Waals surface area (Å²) in [5, 5.41) is 0.452. The molecule has 0 fully saturated rings. The minimum atomic E-state index is -0.806. The number of hydrogen-bond donors (Lipinski definition) is 1. The van der Waals surface area contributed by atoms with E-state index in [2.05, 4.69) is 15.0 Å². The van der Waals surface area contributed by atoms with Crippen molar-refractivity contribution in [2.45, 2.75) is 19.8 Å². The molecule has 1 N–H and O–H groups in total. The molecule has 1 aliphatic heterocycles. The van der Waals surface area contributed by atoms with Crippen molar-refractivity contribution in [3.63, 3.8) is 0 Å². The van der Waals surface area contributed by atoms with Crippen LogP contribution in [0.1, 0.15) is 38.4 Å². The van der Waals surface area contributed by atoms with Crippen LogP contribution in [0.2, 0.25) is 0 Å². The highest BCUT2D eigenvalue weighted by molar-refractivity contribution is 6.20. The Bertz CT molecular complexity index is 1180. The van der Waals surface area contributed by atoms with Crippen LogP contribution in [-0.4, -0.2) is 37.8 Å². The second-order valence-electron chi connectivity index (χ2n) is 6.63. The van der Waals surface area contributed by atoms with Crippen LogP contribution in [0.4, 0.5) is 0 Å². The van der Waals surface area contributed by atoms with Crippen LogP contribution in [-0.2, 0) is 16.1 Å². The lowest BCUT2D eigenvalue weighted by Crippen LogP contribution is -2.33. The number of rotatable bonds is 5. The number of nitrogens with zero attached hydrogens (tertiary/aromatic N) is 3. The summed E-state index contributed by atoms with van der Waals surface area (Å²) in [6, 6.07) is 9.71. The third kappa shape index (κ3) is 3.48. The summed E-state index contributed by atoms with van der Waals surface area (Å²) in [5.41, 5.74) is 1.42. The van der Waals surface area contributed by atoms with Gasteiger partial charge in [0, 0.05) is 29.2 Å². The Morgan fingerprint density at radius 2 is 1.77 bits per heavy atom. The SMILES string of the molecule is Cc1nc(-c2cccnc2)[nH]c(=O)c1CCC(=O)ON1C(=O)c2ccccc2C1=O. The van der Waals surface area contributed by atoms with Crippen LogP contribution in [0.3, 0.4) is 0 Å². The summed E-state index contributed by atoms with van der Waals surface area (Å²) < 4.78 is 0. The molecule has 0 bridgehead atoms. The van der Waals surface area contributed by atoms with Crippen molar-refractivity contribution in [3.05, 3.63) is 81.5 Å². The number of carbonyl (C=O) groups excluding carboxylic acids is 3. The van der Waals surface area contributed by atoms with E-state index in [1.54, 1.807) is 43.6 Å². The Morgan fingerprint density at radius 3 is 2.37 bits per heavy atom. The second kappa shape index (κ2) is 7.70. The normalized spacial score (nSPS) is 12.8.